The Morgan fingerprint density at radius 3 is 2.12 bits per heavy atom. The van der Waals surface area contributed by atoms with Crippen LogP contribution in [0.25, 0.3) is 0 Å². The Kier molecular flexibility index (Phi) is 8.72. The van der Waals surface area contributed by atoms with Gasteiger partial charge in [0.05, 0.1) is 6.04 Å². The number of methoxy groups -OCH3 is 1. The molecule has 0 spiro atoms. The summed E-state index contributed by atoms with van der Waals surface area (Å²) in [6.07, 6.45) is 5.34. The quantitative estimate of drug-likeness (QED) is 0.559. The molecule has 1 saturated carbocycles. The molecule has 1 aliphatic carbocycles. The van der Waals surface area contributed by atoms with Crippen LogP contribution in [0.3, 0.4) is 0 Å². The van der Waals surface area contributed by atoms with Crippen molar-refractivity contribution in [2.24, 2.45) is 5.92 Å². The average Bonchev–Trinajstić information content (AvgIpc) is 2.83. The normalized spacial score (nSPS) is 19.1. The van der Waals surface area contributed by atoms with E-state index in [1.807, 2.05) is 48.5 Å². The fourth-order valence-corrected chi connectivity index (χ4v) is 4.88. The highest BCUT2D eigenvalue weighted by atomic mass is 16.5. The number of likely N-dealkylation sites (tertiary alicyclic amines) is 1. The Balaban J connectivity index is 1.25. The molecular formula is C28H37N3O3. The predicted octanol–water partition coefficient (Wildman–Crippen LogP) is 4.00. The van der Waals surface area contributed by atoms with Gasteiger partial charge in [0.15, 0.2) is 6.10 Å². The first-order chi connectivity index (χ1) is 16.6. The fraction of sp³-hybridized carbons (Fsp3) is 0.500. The molecule has 2 atom stereocenters. The van der Waals surface area contributed by atoms with Crippen molar-refractivity contribution < 1.29 is 14.3 Å². The number of rotatable bonds is 10. The molecule has 2 aromatic rings. The van der Waals surface area contributed by atoms with Crippen molar-refractivity contribution in [1.29, 1.82) is 0 Å². The van der Waals surface area contributed by atoms with Gasteiger partial charge in [0, 0.05) is 38.7 Å². The summed E-state index contributed by atoms with van der Waals surface area (Å²) in [5.41, 5.74) is 2.04. The molecule has 1 saturated heterocycles. The van der Waals surface area contributed by atoms with E-state index in [0.29, 0.717) is 0 Å². The van der Waals surface area contributed by atoms with Gasteiger partial charge in [-0.3, -0.25) is 9.59 Å². The number of hydrogen-bond donors (Lipinski definition) is 2. The average molecular weight is 464 g/mol. The lowest BCUT2D eigenvalue weighted by Crippen LogP contribution is -2.46. The van der Waals surface area contributed by atoms with Crippen LogP contribution in [-0.4, -0.2) is 49.5 Å². The van der Waals surface area contributed by atoms with Crippen LogP contribution in [-0.2, 0) is 14.3 Å². The van der Waals surface area contributed by atoms with E-state index in [0.717, 1.165) is 63.7 Å². The second kappa shape index (κ2) is 12.1. The smallest absolute Gasteiger partial charge is 0.253 e. The third-order valence-electron chi connectivity index (χ3n) is 7.24. The minimum Gasteiger partial charge on any atom is -0.367 e. The van der Waals surface area contributed by atoms with Crippen molar-refractivity contribution >= 4 is 11.8 Å². The Bertz CT molecular complexity index is 909. The van der Waals surface area contributed by atoms with Gasteiger partial charge >= 0.3 is 0 Å². The van der Waals surface area contributed by atoms with Crippen LogP contribution in [0, 0.1) is 5.92 Å². The van der Waals surface area contributed by atoms with Crippen LogP contribution in [0.15, 0.2) is 60.7 Å². The number of amides is 2. The third-order valence-corrected chi connectivity index (χ3v) is 7.24. The van der Waals surface area contributed by atoms with Crippen molar-refractivity contribution in [3.8, 4) is 0 Å². The van der Waals surface area contributed by atoms with Gasteiger partial charge in [-0.2, -0.15) is 0 Å². The standard InChI is InChI=1S/C28H37N3O3/c1-34-26(22-11-6-3-7-12-22)28(33)29-24-15-18-31(19-16-24)20-17-25(21-9-4-2-5-10-21)30-27(32)23-13-8-14-23/h2-7,9-12,23-26H,8,13-20H2,1H3,(H,29,33)(H,30,32). The maximum Gasteiger partial charge on any atom is 0.253 e. The lowest BCUT2D eigenvalue weighted by Gasteiger charge is -2.34. The molecule has 6 nitrogen and oxygen atoms in total. The van der Waals surface area contributed by atoms with Gasteiger partial charge < -0.3 is 20.3 Å². The molecule has 1 heterocycles. The summed E-state index contributed by atoms with van der Waals surface area (Å²) >= 11 is 0. The summed E-state index contributed by atoms with van der Waals surface area (Å²) in [5, 5.41) is 6.49. The van der Waals surface area contributed by atoms with Crippen molar-refractivity contribution in [1.82, 2.24) is 15.5 Å². The fourth-order valence-electron chi connectivity index (χ4n) is 4.88. The van der Waals surface area contributed by atoms with Crippen LogP contribution >= 0.6 is 0 Å². The molecule has 6 heteroatoms. The van der Waals surface area contributed by atoms with E-state index < -0.39 is 6.10 Å². The van der Waals surface area contributed by atoms with Gasteiger partial charge in [0.1, 0.15) is 0 Å². The zero-order valence-electron chi connectivity index (χ0n) is 20.1. The monoisotopic (exact) mass is 463 g/mol. The van der Waals surface area contributed by atoms with E-state index in [-0.39, 0.29) is 29.8 Å². The van der Waals surface area contributed by atoms with Crippen molar-refractivity contribution in [2.75, 3.05) is 26.7 Å². The Hall–Kier alpha value is -2.70. The molecule has 34 heavy (non-hydrogen) atoms. The maximum absolute atomic E-state index is 12.8. The lowest BCUT2D eigenvalue weighted by molar-refractivity contribution is -0.132. The van der Waals surface area contributed by atoms with E-state index in [4.69, 9.17) is 4.74 Å². The summed E-state index contributed by atoms with van der Waals surface area (Å²) in [7, 11) is 1.58. The largest absolute Gasteiger partial charge is 0.367 e. The highest BCUT2D eigenvalue weighted by molar-refractivity contribution is 5.82. The second-order valence-corrected chi connectivity index (χ2v) is 9.54. The topological polar surface area (TPSA) is 70.7 Å². The first-order valence-electron chi connectivity index (χ1n) is 12.6. The van der Waals surface area contributed by atoms with Crippen LogP contribution < -0.4 is 10.6 Å². The molecule has 182 valence electrons. The van der Waals surface area contributed by atoms with Gasteiger partial charge in [-0.25, -0.2) is 0 Å². The Morgan fingerprint density at radius 1 is 0.941 bits per heavy atom. The molecule has 2 aromatic carbocycles. The molecule has 0 radical (unpaired) electrons. The number of hydrogen-bond acceptors (Lipinski definition) is 4. The van der Waals surface area contributed by atoms with Crippen LogP contribution in [0.5, 0.6) is 0 Å². The highest BCUT2D eigenvalue weighted by Crippen LogP contribution is 2.28. The van der Waals surface area contributed by atoms with Gasteiger partial charge in [-0.05, 0) is 43.2 Å². The number of benzene rings is 2. The first-order valence-corrected chi connectivity index (χ1v) is 12.6. The van der Waals surface area contributed by atoms with Crippen LogP contribution in [0.1, 0.15) is 61.8 Å². The van der Waals surface area contributed by atoms with Crippen LogP contribution in [0.2, 0.25) is 0 Å². The summed E-state index contributed by atoms with van der Waals surface area (Å²) in [5.74, 6) is 0.319. The van der Waals surface area contributed by atoms with Crippen molar-refractivity contribution in [3.05, 3.63) is 71.8 Å². The van der Waals surface area contributed by atoms with Gasteiger partial charge in [0.25, 0.3) is 5.91 Å². The minimum atomic E-state index is -0.579. The number of carbonyl (C=O) groups excluding carboxylic acids is 2. The molecule has 2 unspecified atom stereocenters. The van der Waals surface area contributed by atoms with Crippen molar-refractivity contribution in [3.63, 3.8) is 0 Å². The Labute approximate surface area is 203 Å². The second-order valence-electron chi connectivity index (χ2n) is 9.54. The van der Waals surface area contributed by atoms with Gasteiger partial charge in [-0.15, -0.1) is 0 Å². The summed E-state index contributed by atoms with van der Waals surface area (Å²) < 4.78 is 5.47. The molecule has 2 fully saturated rings. The molecule has 4 rings (SSSR count). The van der Waals surface area contributed by atoms with Crippen LogP contribution in [0.4, 0.5) is 0 Å². The molecule has 1 aliphatic heterocycles. The summed E-state index contributed by atoms with van der Waals surface area (Å²) in [6, 6.07) is 20.1. The van der Waals surface area contributed by atoms with Gasteiger partial charge in [-0.1, -0.05) is 67.1 Å². The number of nitrogens with one attached hydrogen (secondary N) is 2. The van der Waals surface area contributed by atoms with E-state index in [1.54, 1.807) is 7.11 Å². The molecule has 2 N–H and O–H groups in total. The zero-order valence-corrected chi connectivity index (χ0v) is 20.1. The summed E-state index contributed by atoms with van der Waals surface area (Å²) in [4.78, 5) is 27.9. The molecule has 2 aliphatic rings. The number of nitrogens with zero attached hydrogens (tertiary/aromatic N) is 1. The highest BCUT2D eigenvalue weighted by Gasteiger charge is 2.29. The van der Waals surface area contributed by atoms with E-state index in [2.05, 4.69) is 27.7 Å². The molecule has 0 bridgehead atoms. The first kappa shape index (κ1) is 24.4. The third kappa shape index (κ3) is 6.45. The lowest BCUT2D eigenvalue weighted by atomic mass is 9.84. The predicted molar refractivity (Wildman–Crippen MR) is 133 cm³/mol. The van der Waals surface area contributed by atoms with Gasteiger partial charge in [0.2, 0.25) is 5.91 Å². The van der Waals surface area contributed by atoms with E-state index >= 15 is 0 Å². The summed E-state index contributed by atoms with van der Waals surface area (Å²) in [6.45, 7) is 2.80. The van der Waals surface area contributed by atoms with E-state index in [9.17, 15) is 9.59 Å². The maximum atomic E-state index is 12.8. The van der Waals surface area contributed by atoms with Crippen molar-refractivity contribution in [2.45, 2.75) is 56.7 Å². The van der Waals surface area contributed by atoms with E-state index in [1.165, 1.54) is 5.56 Å². The minimum absolute atomic E-state index is 0.0417. The molecule has 2 amide bonds. The number of ether oxygens (including phenoxy) is 1. The zero-order chi connectivity index (χ0) is 23.8. The number of carbonyl (C=O) groups is 2. The number of piperidine rings is 1. The SMILES string of the molecule is COC(C(=O)NC1CCN(CCC(NC(=O)C2CCC2)c2ccccc2)CC1)c1ccccc1. The molecule has 0 aromatic heterocycles. The molecular weight excluding hydrogens is 426 g/mol. The Morgan fingerprint density at radius 2 is 1.56 bits per heavy atom.